The predicted octanol–water partition coefficient (Wildman–Crippen LogP) is 3.04. The molecule has 18 heavy (non-hydrogen) atoms. The molecule has 0 bridgehead atoms. The number of nitrogens with zero attached hydrogens (tertiary/aromatic N) is 1. The van der Waals surface area contributed by atoms with E-state index < -0.39 is 12.7 Å². The minimum absolute atomic E-state index is 0.0845. The van der Waals surface area contributed by atoms with E-state index >= 15 is 0 Å². The summed E-state index contributed by atoms with van der Waals surface area (Å²) in [6, 6.07) is -0.0845. The lowest BCUT2D eigenvalue weighted by atomic mass is 9.81. The van der Waals surface area contributed by atoms with Crippen molar-refractivity contribution in [2.24, 2.45) is 5.41 Å². The largest absolute Gasteiger partial charge is 0.401 e. The molecule has 1 aliphatic rings. The quantitative estimate of drug-likeness (QED) is 0.826. The highest BCUT2D eigenvalue weighted by atomic mass is 19.4. The number of alkyl halides is 3. The van der Waals surface area contributed by atoms with Gasteiger partial charge in [0.15, 0.2) is 0 Å². The van der Waals surface area contributed by atoms with E-state index in [4.69, 9.17) is 0 Å². The Kier molecular flexibility index (Phi) is 4.38. The van der Waals surface area contributed by atoms with Crippen molar-refractivity contribution < 1.29 is 13.2 Å². The minimum atomic E-state index is -4.13. The predicted molar refractivity (Wildman–Crippen MR) is 67.6 cm³/mol. The van der Waals surface area contributed by atoms with E-state index in [0.29, 0.717) is 13.1 Å². The monoisotopic (exact) mass is 266 g/mol. The molecule has 0 spiro atoms. The van der Waals surface area contributed by atoms with E-state index in [-0.39, 0.29) is 17.0 Å². The van der Waals surface area contributed by atoms with Crippen molar-refractivity contribution >= 4 is 0 Å². The summed E-state index contributed by atoms with van der Waals surface area (Å²) in [4.78, 5) is 1.60. The second kappa shape index (κ2) is 5.00. The van der Waals surface area contributed by atoms with Crippen LogP contribution in [0.2, 0.25) is 0 Å². The lowest BCUT2D eigenvalue weighted by Gasteiger charge is -2.50. The summed E-state index contributed by atoms with van der Waals surface area (Å²) in [7, 11) is 0. The van der Waals surface area contributed by atoms with Gasteiger partial charge in [0.05, 0.1) is 6.54 Å². The van der Waals surface area contributed by atoms with E-state index in [1.165, 1.54) is 0 Å². The molecule has 1 rings (SSSR count). The van der Waals surface area contributed by atoms with Crippen LogP contribution >= 0.6 is 0 Å². The lowest BCUT2D eigenvalue weighted by molar-refractivity contribution is -0.162. The van der Waals surface area contributed by atoms with Crippen molar-refractivity contribution in [2.45, 2.75) is 58.8 Å². The molecule has 108 valence electrons. The fraction of sp³-hybridized carbons (Fsp3) is 1.00. The van der Waals surface area contributed by atoms with Crippen molar-refractivity contribution in [3.63, 3.8) is 0 Å². The summed E-state index contributed by atoms with van der Waals surface area (Å²) in [5, 5.41) is 3.41. The molecular weight excluding hydrogens is 241 g/mol. The van der Waals surface area contributed by atoms with Crippen LogP contribution in [0.4, 0.5) is 13.2 Å². The lowest BCUT2D eigenvalue weighted by Crippen LogP contribution is -2.66. The highest BCUT2D eigenvalue weighted by molar-refractivity contribution is 4.98. The number of hydrogen-bond acceptors (Lipinski definition) is 2. The Morgan fingerprint density at radius 1 is 1.28 bits per heavy atom. The molecule has 2 nitrogen and oxygen atoms in total. The van der Waals surface area contributed by atoms with Crippen molar-refractivity contribution in [3.05, 3.63) is 0 Å². The van der Waals surface area contributed by atoms with Crippen LogP contribution in [0.25, 0.3) is 0 Å². The average Bonchev–Trinajstić information content (AvgIpc) is 2.13. The van der Waals surface area contributed by atoms with Crippen LogP contribution in [0.5, 0.6) is 0 Å². The normalized spacial score (nSPS) is 31.7. The van der Waals surface area contributed by atoms with E-state index in [1.54, 1.807) is 4.90 Å². The molecular formula is C13H25F3N2. The second-order valence-electron chi connectivity index (χ2n) is 6.70. The number of hydrogen-bond donors (Lipinski definition) is 1. The van der Waals surface area contributed by atoms with Gasteiger partial charge in [-0.25, -0.2) is 0 Å². The number of nitrogens with one attached hydrogen (secondary N) is 1. The Bertz CT molecular complexity index is 283. The van der Waals surface area contributed by atoms with Crippen LogP contribution in [0.1, 0.15) is 41.0 Å². The van der Waals surface area contributed by atoms with Crippen molar-refractivity contribution in [2.75, 3.05) is 19.6 Å². The van der Waals surface area contributed by atoms with Crippen LogP contribution < -0.4 is 5.32 Å². The van der Waals surface area contributed by atoms with Gasteiger partial charge in [-0.15, -0.1) is 0 Å². The molecule has 5 heteroatoms. The smallest absolute Gasteiger partial charge is 0.309 e. The van der Waals surface area contributed by atoms with Gasteiger partial charge in [-0.1, -0.05) is 27.7 Å². The van der Waals surface area contributed by atoms with Gasteiger partial charge >= 0.3 is 6.18 Å². The van der Waals surface area contributed by atoms with Crippen molar-refractivity contribution in [3.8, 4) is 0 Å². The third-order valence-corrected chi connectivity index (χ3v) is 3.88. The fourth-order valence-electron chi connectivity index (χ4n) is 2.57. The van der Waals surface area contributed by atoms with Crippen molar-refractivity contribution in [1.82, 2.24) is 10.2 Å². The highest BCUT2D eigenvalue weighted by Crippen LogP contribution is 2.32. The molecule has 1 fully saturated rings. The van der Waals surface area contributed by atoms with E-state index in [2.05, 4.69) is 5.32 Å². The van der Waals surface area contributed by atoms with Crippen LogP contribution in [-0.2, 0) is 0 Å². The molecule has 0 aliphatic carbocycles. The zero-order valence-corrected chi connectivity index (χ0v) is 12.0. The van der Waals surface area contributed by atoms with E-state index in [0.717, 1.165) is 6.42 Å². The molecule has 1 aliphatic heterocycles. The van der Waals surface area contributed by atoms with Crippen molar-refractivity contribution in [1.29, 1.82) is 0 Å². The first kappa shape index (κ1) is 15.8. The third kappa shape index (κ3) is 4.12. The third-order valence-electron chi connectivity index (χ3n) is 3.88. The van der Waals surface area contributed by atoms with E-state index in [9.17, 15) is 13.2 Å². The first-order valence-corrected chi connectivity index (χ1v) is 6.53. The number of rotatable bonds is 2. The maximum atomic E-state index is 12.7. The number of piperazine rings is 1. The van der Waals surface area contributed by atoms with Gasteiger partial charge in [-0.2, -0.15) is 13.2 Å². The Labute approximate surface area is 108 Å². The maximum absolute atomic E-state index is 12.7. The summed E-state index contributed by atoms with van der Waals surface area (Å²) in [5.41, 5.74) is -0.375. The fourth-order valence-corrected chi connectivity index (χ4v) is 2.57. The Hall–Kier alpha value is -0.290. The molecule has 2 atom stereocenters. The van der Waals surface area contributed by atoms with Gasteiger partial charge in [-0.3, -0.25) is 4.90 Å². The zero-order valence-electron chi connectivity index (χ0n) is 12.0. The first-order valence-electron chi connectivity index (χ1n) is 6.53. The Morgan fingerprint density at radius 3 is 2.22 bits per heavy atom. The summed E-state index contributed by atoms with van der Waals surface area (Å²) in [5.74, 6) is 0. The maximum Gasteiger partial charge on any atom is 0.401 e. The van der Waals surface area contributed by atoms with Crippen LogP contribution in [0, 0.1) is 5.41 Å². The summed E-state index contributed by atoms with van der Waals surface area (Å²) in [6.45, 7) is 10.2. The van der Waals surface area contributed by atoms with Crippen LogP contribution in [0.3, 0.4) is 0 Å². The van der Waals surface area contributed by atoms with Gasteiger partial charge in [-0.05, 0) is 18.8 Å². The molecule has 1 heterocycles. The molecule has 0 amide bonds. The van der Waals surface area contributed by atoms with Gasteiger partial charge < -0.3 is 5.32 Å². The second-order valence-corrected chi connectivity index (χ2v) is 6.70. The van der Waals surface area contributed by atoms with E-state index in [1.807, 2.05) is 34.6 Å². The molecule has 0 radical (unpaired) electrons. The molecule has 1 saturated heterocycles. The minimum Gasteiger partial charge on any atom is -0.309 e. The molecule has 1 N–H and O–H groups in total. The summed E-state index contributed by atoms with van der Waals surface area (Å²) >= 11 is 0. The first-order chi connectivity index (χ1) is 7.97. The van der Waals surface area contributed by atoms with Gasteiger partial charge in [0.1, 0.15) is 0 Å². The topological polar surface area (TPSA) is 15.3 Å². The van der Waals surface area contributed by atoms with Crippen LogP contribution in [-0.4, -0.2) is 42.3 Å². The van der Waals surface area contributed by atoms with Gasteiger partial charge in [0.2, 0.25) is 0 Å². The van der Waals surface area contributed by atoms with Crippen LogP contribution in [0.15, 0.2) is 0 Å². The molecule has 0 aromatic heterocycles. The zero-order chi connectivity index (χ0) is 14.2. The highest BCUT2D eigenvalue weighted by Gasteiger charge is 2.43. The molecule has 0 aromatic carbocycles. The molecule has 0 aromatic rings. The Morgan fingerprint density at radius 2 is 1.83 bits per heavy atom. The standard InChI is InChI=1S/C13H25F3N2/c1-6-12(5)8-18(9-13(14,15)16)10(7-17-12)11(2,3)4/h10,17H,6-9H2,1-5H3. The summed E-state index contributed by atoms with van der Waals surface area (Å²) in [6.07, 6.45) is -3.30. The summed E-state index contributed by atoms with van der Waals surface area (Å²) < 4.78 is 38.1. The van der Waals surface area contributed by atoms with Gasteiger partial charge in [0, 0.05) is 24.7 Å². The molecule has 0 saturated carbocycles. The van der Waals surface area contributed by atoms with Gasteiger partial charge in [0.25, 0.3) is 0 Å². The SMILES string of the molecule is CCC1(C)CN(CC(F)(F)F)C(C(C)(C)C)CN1. The number of halogens is 3. The average molecular weight is 266 g/mol. The molecule has 2 unspecified atom stereocenters. The Balaban J connectivity index is 2.87.